The Labute approximate surface area is 141 Å². The van der Waals surface area contributed by atoms with E-state index in [-0.39, 0.29) is 0 Å². The second kappa shape index (κ2) is 5.37. The van der Waals surface area contributed by atoms with Crippen molar-refractivity contribution in [3.63, 3.8) is 0 Å². The Bertz CT molecular complexity index is 826. The van der Waals surface area contributed by atoms with E-state index in [2.05, 4.69) is 0 Å². The van der Waals surface area contributed by atoms with E-state index in [4.69, 9.17) is 0 Å². The van der Waals surface area contributed by atoms with Crippen molar-refractivity contribution in [2.45, 2.75) is 35.8 Å². The second-order valence-electron chi connectivity index (χ2n) is 5.45. The number of rotatable bonds is 0. The van der Waals surface area contributed by atoms with Crippen molar-refractivity contribution in [2.24, 2.45) is 0 Å². The first-order chi connectivity index (χ1) is 12.1. The standard InChI is InChI=1S/C12F16/c13-4-2-1(3(9(18,19)20)5(14)6(4)15)7(16,11(23,24)25)10(21,22)8(2,17)12(26,27)28. The average Bonchev–Trinajstić information content (AvgIpc) is 2.60. The summed E-state index contributed by atoms with van der Waals surface area (Å²) in [5.74, 6) is -18.8. The van der Waals surface area contributed by atoms with Crippen LogP contribution in [0.15, 0.2) is 0 Å². The molecule has 0 radical (unpaired) electrons. The molecule has 0 fully saturated rings. The van der Waals surface area contributed by atoms with Crippen LogP contribution in [0.3, 0.4) is 0 Å². The maximum Gasteiger partial charge on any atom is 0.433 e. The Morgan fingerprint density at radius 2 is 0.857 bits per heavy atom. The van der Waals surface area contributed by atoms with E-state index in [1.807, 2.05) is 0 Å². The van der Waals surface area contributed by atoms with Crippen molar-refractivity contribution in [3.05, 3.63) is 34.1 Å². The number of benzene rings is 1. The van der Waals surface area contributed by atoms with Crippen molar-refractivity contribution in [3.8, 4) is 0 Å². The molecule has 0 spiro atoms. The fourth-order valence-electron chi connectivity index (χ4n) is 2.79. The Balaban J connectivity index is 3.34. The van der Waals surface area contributed by atoms with Gasteiger partial charge in [0, 0.05) is 5.56 Å². The minimum absolute atomic E-state index is 3.67. The lowest BCUT2D eigenvalue weighted by molar-refractivity contribution is -0.375. The van der Waals surface area contributed by atoms with Crippen LogP contribution >= 0.6 is 0 Å². The molecule has 0 saturated carbocycles. The molecule has 0 saturated heterocycles. The monoisotopic (exact) mass is 448 g/mol. The molecule has 0 aliphatic heterocycles. The highest BCUT2D eigenvalue weighted by Gasteiger charge is 2.92. The highest BCUT2D eigenvalue weighted by Crippen LogP contribution is 2.72. The molecule has 0 N–H and O–H groups in total. The molecule has 1 aliphatic rings. The number of fused-ring (bicyclic) bond motifs is 1. The van der Waals surface area contributed by atoms with Crippen LogP contribution in [0.5, 0.6) is 0 Å². The van der Waals surface area contributed by atoms with Crippen LogP contribution in [0.2, 0.25) is 0 Å². The van der Waals surface area contributed by atoms with Crippen LogP contribution in [0.1, 0.15) is 16.7 Å². The van der Waals surface area contributed by atoms with Crippen LogP contribution in [0.25, 0.3) is 0 Å². The van der Waals surface area contributed by atoms with Gasteiger partial charge in [-0.05, 0) is 0 Å². The summed E-state index contributed by atoms with van der Waals surface area (Å²) in [5, 5.41) is 0. The molecule has 2 atom stereocenters. The quantitative estimate of drug-likeness (QED) is 0.327. The number of alkyl halides is 13. The highest BCUT2D eigenvalue weighted by atomic mass is 19.4. The number of hydrogen-bond acceptors (Lipinski definition) is 0. The van der Waals surface area contributed by atoms with Gasteiger partial charge in [-0.15, -0.1) is 0 Å². The van der Waals surface area contributed by atoms with Gasteiger partial charge in [0.25, 0.3) is 11.3 Å². The Morgan fingerprint density at radius 1 is 0.500 bits per heavy atom. The third kappa shape index (κ3) is 2.22. The molecule has 2 rings (SSSR count). The summed E-state index contributed by atoms with van der Waals surface area (Å²) in [6.07, 6.45) is -21.6. The summed E-state index contributed by atoms with van der Waals surface area (Å²) >= 11 is 0. The van der Waals surface area contributed by atoms with E-state index in [1.165, 1.54) is 0 Å². The first-order valence-corrected chi connectivity index (χ1v) is 6.27. The SMILES string of the molecule is Fc1c(F)c(C(F)(F)F)c2c(c1F)C(F)(C(F)(F)F)C(F)(F)C2(F)C(F)(F)F. The Hall–Kier alpha value is -1.90. The summed E-state index contributed by atoms with van der Waals surface area (Å²) in [4.78, 5) is 0. The minimum atomic E-state index is -7.54. The van der Waals surface area contributed by atoms with Crippen molar-refractivity contribution in [1.29, 1.82) is 0 Å². The normalized spacial score (nSPS) is 27.9. The topological polar surface area (TPSA) is 0 Å². The molecule has 1 aliphatic carbocycles. The lowest BCUT2D eigenvalue weighted by Gasteiger charge is -2.36. The molecule has 0 aromatic heterocycles. The fraction of sp³-hybridized carbons (Fsp3) is 0.500. The van der Waals surface area contributed by atoms with Gasteiger partial charge in [-0.3, -0.25) is 0 Å². The first kappa shape index (κ1) is 22.4. The summed E-state index contributed by atoms with van der Waals surface area (Å²) in [5.41, 5.74) is -26.4. The van der Waals surface area contributed by atoms with Crippen LogP contribution in [-0.4, -0.2) is 18.3 Å². The molecule has 2 unspecified atom stereocenters. The fourth-order valence-corrected chi connectivity index (χ4v) is 2.79. The van der Waals surface area contributed by atoms with Crippen LogP contribution in [0.4, 0.5) is 70.2 Å². The largest absolute Gasteiger partial charge is 0.433 e. The average molecular weight is 448 g/mol. The predicted octanol–water partition coefficient (Wildman–Crippen LogP) is 6.23. The lowest BCUT2D eigenvalue weighted by Crippen LogP contribution is -2.60. The molecule has 0 heterocycles. The van der Waals surface area contributed by atoms with Gasteiger partial charge < -0.3 is 0 Å². The zero-order valence-corrected chi connectivity index (χ0v) is 12.0. The van der Waals surface area contributed by atoms with Gasteiger partial charge in [-0.1, -0.05) is 0 Å². The molecule has 160 valence electrons. The van der Waals surface area contributed by atoms with E-state index < -0.39 is 69.9 Å². The van der Waals surface area contributed by atoms with Gasteiger partial charge in [-0.2, -0.15) is 48.3 Å². The lowest BCUT2D eigenvalue weighted by atomic mass is 9.89. The van der Waals surface area contributed by atoms with Crippen molar-refractivity contribution < 1.29 is 70.2 Å². The molecule has 0 amide bonds. The first-order valence-electron chi connectivity index (χ1n) is 6.27. The van der Waals surface area contributed by atoms with Crippen LogP contribution < -0.4 is 0 Å². The second-order valence-corrected chi connectivity index (χ2v) is 5.45. The molecule has 0 nitrogen and oxygen atoms in total. The summed E-state index contributed by atoms with van der Waals surface area (Å²) < 4.78 is 212. The minimum Gasteiger partial charge on any atom is -0.221 e. The zero-order chi connectivity index (χ0) is 22.5. The predicted molar refractivity (Wildman–Crippen MR) is 53.9 cm³/mol. The van der Waals surface area contributed by atoms with Crippen LogP contribution in [-0.2, 0) is 17.5 Å². The molecule has 1 aromatic carbocycles. The summed E-state index contributed by atoms with van der Waals surface area (Å²) in [6, 6.07) is 0. The van der Waals surface area contributed by atoms with E-state index >= 15 is 0 Å². The van der Waals surface area contributed by atoms with Crippen molar-refractivity contribution in [1.82, 2.24) is 0 Å². The molecule has 1 aromatic rings. The Morgan fingerprint density at radius 3 is 1.18 bits per heavy atom. The highest BCUT2D eigenvalue weighted by molar-refractivity contribution is 5.56. The molecule has 0 bridgehead atoms. The van der Waals surface area contributed by atoms with Gasteiger partial charge in [-0.25, -0.2) is 22.0 Å². The van der Waals surface area contributed by atoms with Gasteiger partial charge >= 0.3 is 24.5 Å². The van der Waals surface area contributed by atoms with E-state index in [0.717, 1.165) is 0 Å². The van der Waals surface area contributed by atoms with E-state index in [0.29, 0.717) is 0 Å². The van der Waals surface area contributed by atoms with Gasteiger partial charge in [0.15, 0.2) is 17.5 Å². The van der Waals surface area contributed by atoms with Gasteiger partial charge in [0.2, 0.25) is 0 Å². The summed E-state index contributed by atoms with van der Waals surface area (Å²) in [6.45, 7) is 0. The van der Waals surface area contributed by atoms with Crippen molar-refractivity contribution in [2.75, 3.05) is 0 Å². The molecular formula is C12F16. The molecular weight excluding hydrogens is 448 g/mol. The maximum absolute atomic E-state index is 14.3. The van der Waals surface area contributed by atoms with Crippen LogP contribution in [0, 0.1) is 17.5 Å². The third-order valence-corrected chi connectivity index (χ3v) is 3.94. The van der Waals surface area contributed by atoms with Crippen molar-refractivity contribution >= 4 is 0 Å². The molecule has 16 heteroatoms. The van der Waals surface area contributed by atoms with Gasteiger partial charge in [0.1, 0.15) is 5.56 Å². The maximum atomic E-state index is 14.3. The van der Waals surface area contributed by atoms with E-state index in [1.54, 1.807) is 0 Å². The smallest absolute Gasteiger partial charge is 0.221 e. The van der Waals surface area contributed by atoms with E-state index in [9.17, 15) is 70.2 Å². The zero-order valence-electron chi connectivity index (χ0n) is 12.0. The Kier molecular flexibility index (Phi) is 4.29. The number of hydrogen-bond donors (Lipinski definition) is 0. The van der Waals surface area contributed by atoms with Gasteiger partial charge in [0.05, 0.1) is 5.56 Å². The molecule has 28 heavy (non-hydrogen) atoms. The number of halogens is 16. The third-order valence-electron chi connectivity index (χ3n) is 3.94. The summed E-state index contributed by atoms with van der Waals surface area (Å²) in [7, 11) is 0.